The third-order valence-corrected chi connectivity index (χ3v) is 3.84. The van der Waals surface area contributed by atoms with Crippen LogP contribution in [0.15, 0.2) is 22.7 Å². The van der Waals surface area contributed by atoms with Gasteiger partial charge in [0.15, 0.2) is 6.29 Å². The molecule has 0 N–H and O–H groups in total. The van der Waals surface area contributed by atoms with Gasteiger partial charge in [-0.2, -0.15) is 0 Å². The minimum atomic E-state index is 0.420. The fourth-order valence-electron chi connectivity index (χ4n) is 2.28. The van der Waals surface area contributed by atoms with Crippen LogP contribution >= 0.6 is 15.9 Å². The summed E-state index contributed by atoms with van der Waals surface area (Å²) in [5.41, 5.74) is 1.71. The van der Waals surface area contributed by atoms with Crippen LogP contribution < -0.4 is 4.90 Å². The average Bonchev–Trinajstić information content (AvgIpc) is 2.43. The van der Waals surface area contributed by atoms with Gasteiger partial charge in [-0.15, -0.1) is 0 Å². The van der Waals surface area contributed by atoms with E-state index in [4.69, 9.17) is 4.74 Å². The summed E-state index contributed by atoms with van der Waals surface area (Å²) in [5.74, 6) is 0. The Morgan fingerprint density at radius 2 is 2.05 bits per heavy atom. The maximum atomic E-state index is 11.2. The number of carbonyl (C=O) groups is 1. The van der Waals surface area contributed by atoms with Crippen LogP contribution in [0.5, 0.6) is 0 Å². The van der Waals surface area contributed by atoms with Crippen LogP contribution in [0.2, 0.25) is 0 Å². The quantitative estimate of drug-likeness (QED) is 0.678. The molecule has 0 aliphatic carbocycles. The van der Waals surface area contributed by atoms with Crippen molar-refractivity contribution in [3.8, 4) is 0 Å². The largest absolute Gasteiger partial charge is 0.383 e. The van der Waals surface area contributed by atoms with Gasteiger partial charge in [0, 0.05) is 35.4 Å². The Labute approximate surface area is 124 Å². The molecule has 3 nitrogen and oxygen atoms in total. The molecule has 0 fully saturated rings. The van der Waals surface area contributed by atoms with E-state index >= 15 is 0 Å². The van der Waals surface area contributed by atoms with E-state index in [1.807, 2.05) is 18.2 Å². The molecule has 0 bridgehead atoms. The summed E-state index contributed by atoms with van der Waals surface area (Å²) in [4.78, 5) is 13.5. The Kier molecular flexibility index (Phi) is 7.10. The molecule has 19 heavy (non-hydrogen) atoms. The van der Waals surface area contributed by atoms with E-state index in [-0.39, 0.29) is 0 Å². The third kappa shape index (κ3) is 4.32. The Balaban J connectivity index is 3.14. The average molecular weight is 328 g/mol. The second-order valence-corrected chi connectivity index (χ2v) is 5.39. The first-order valence-corrected chi connectivity index (χ1v) is 7.47. The Morgan fingerprint density at radius 1 is 1.37 bits per heavy atom. The summed E-state index contributed by atoms with van der Waals surface area (Å²) < 4.78 is 6.18. The highest BCUT2D eigenvalue weighted by Gasteiger charge is 2.18. The molecule has 0 saturated carbocycles. The number of rotatable bonds is 8. The molecular weight excluding hydrogens is 306 g/mol. The van der Waals surface area contributed by atoms with Crippen LogP contribution in [0.3, 0.4) is 0 Å². The predicted molar refractivity (Wildman–Crippen MR) is 83.1 cm³/mol. The van der Waals surface area contributed by atoms with Gasteiger partial charge in [0.05, 0.1) is 6.61 Å². The van der Waals surface area contributed by atoms with Gasteiger partial charge < -0.3 is 9.64 Å². The third-order valence-electron chi connectivity index (χ3n) is 3.35. The fraction of sp³-hybridized carbons (Fsp3) is 0.533. The van der Waals surface area contributed by atoms with Gasteiger partial charge >= 0.3 is 0 Å². The normalized spacial score (nSPS) is 10.8. The summed E-state index contributed by atoms with van der Waals surface area (Å²) in [6.07, 6.45) is 3.01. The molecule has 0 saturated heterocycles. The lowest BCUT2D eigenvalue weighted by molar-refractivity contribution is 0.112. The maximum Gasteiger partial charge on any atom is 0.152 e. The van der Waals surface area contributed by atoms with E-state index in [9.17, 15) is 4.79 Å². The van der Waals surface area contributed by atoms with Gasteiger partial charge in [0.2, 0.25) is 0 Å². The smallest absolute Gasteiger partial charge is 0.152 e. The Morgan fingerprint density at radius 3 is 2.58 bits per heavy atom. The molecule has 0 aromatic heterocycles. The zero-order valence-corrected chi connectivity index (χ0v) is 13.4. The van der Waals surface area contributed by atoms with E-state index in [1.54, 1.807) is 7.11 Å². The fourth-order valence-corrected chi connectivity index (χ4v) is 2.63. The minimum Gasteiger partial charge on any atom is -0.383 e. The molecule has 0 aliphatic heterocycles. The molecule has 4 heteroatoms. The lowest BCUT2D eigenvalue weighted by atomic mass is 10.1. The van der Waals surface area contributed by atoms with Gasteiger partial charge in [-0.05, 0) is 31.0 Å². The van der Waals surface area contributed by atoms with E-state index in [1.165, 1.54) is 0 Å². The van der Waals surface area contributed by atoms with Gasteiger partial charge in [-0.25, -0.2) is 0 Å². The summed E-state index contributed by atoms with van der Waals surface area (Å²) in [7, 11) is 1.70. The predicted octanol–water partition coefficient (Wildman–Crippen LogP) is 3.90. The van der Waals surface area contributed by atoms with Crippen molar-refractivity contribution in [1.29, 1.82) is 0 Å². The molecule has 0 spiro atoms. The number of nitrogens with zero attached hydrogens (tertiary/aromatic N) is 1. The van der Waals surface area contributed by atoms with Crippen molar-refractivity contribution in [2.24, 2.45) is 0 Å². The summed E-state index contributed by atoms with van der Waals surface area (Å²) in [6, 6.07) is 6.18. The molecule has 0 heterocycles. The summed E-state index contributed by atoms with van der Waals surface area (Å²) in [5, 5.41) is 0. The number of carbonyl (C=O) groups excluding carboxylic acids is 1. The van der Waals surface area contributed by atoms with Crippen molar-refractivity contribution in [2.45, 2.75) is 32.7 Å². The molecule has 0 amide bonds. The molecular formula is C15H22BrNO2. The molecule has 0 radical (unpaired) electrons. The van der Waals surface area contributed by atoms with Crippen molar-refractivity contribution in [1.82, 2.24) is 0 Å². The first-order chi connectivity index (χ1) is 9.17. The molecule has 1 rings (SSSR count). The lowest BCUT2D eigenvalue weighted by Crippen LogP contribution is -2.37. The van der Waals surface area contributed by atoms with Crippen molar-refractivity contribution in [2.75, 3.05) is 25.2 Å². The van der Waals surface area contributed by atoms with Crippen LogP contribution in [-0.4, -0.2) is 32.6 Å². The van der Waals surface area contributed by atoms with Gasteiger partial charge in [0.25, 0.3) is 0 Å². The van der Waals surface area contributed by atoms with Crippen molar-refractivity contribution < 1.29 is 9.53 Å². The molecule has 106 valence electrons. The number of ether oxygens (including phenoxy) is 1. The number of hydrogen-bond donors (Lipinski definition) is 0. The maximum absolute atomic E-state index is 11.2. The van der Waals surface area contributed by atoms with Crippen LogP contribution in [0, 0.1) is 0 Å². The minimum absolute atomic E-state index is 0.420. The monoisotopic (exact) mass is 327 g/mol. The van der Waals surface area contributed by atoms with Crippen molar-refractivity contribution >= 4 is 27.9 Å². The Bertz CT molecular complexity index is 405. The first kappa shape index (κ1) is 16.2. The number of anilines is 1. The number of halogens is 1. The van der Waals surface area contributed by atoms with E-state index in [0.717, 1.165) is 41.4 Å². The van der Waals surface area contributed by atoms with Crippen LogP contribution in [0.4, 0.5) is 5.69 Å². The number of methoxy groups -OCH3 is 1. The van der Waals surface area contributed by atoms with E-state index < -0.39 is 0 Å². The van der Waals surface area contributed by atoms with Crippen LogP contribution in [0.25, 0.3) is 0 Å². The zero-order chi connectivity index (χ0) is 14.3. The summed E-state index contributed by atoms with van der Waals surface area (Å²) in [6.45, 7) is 5.79. The van der Waals surface area contributed by atoms with Crippen molar-refractivity contribution in [3.63, 3.8) is 0 Å². The number of aldehydes is 1. The van der Waals surface area contributed by atoms with E-state index in [2.05, 4.69) is 34.7 Å². The first-order valence-electron chi connectivity index (χ1n) is 6.68. The van der Waals surface area contributed by atoms with Gasteiger partial charge in [0.1, 0.15) is 0 Å². The van der Waals surface area contributed by atoms with Crippen LogP contribution in [-0.2, 0) is 4.74 Å². The topological polar surface area (TPSA) is 29.5 Å². The number of hydrogen-bond acceptors (Lipinski definition) is 3. The standard InChI is InChI=1S/C15H22BrNO2/c1-4-14(5-2)17(8-9-19-3)15-10-13(16)7-6-12(15)11-18/h6-7,10-11,14H,4-5,8-9H2,1-3H3. The summed E-state index contributed by atoms with van der Waals surface area (Å²) >= 11 is 3.48. The molecule has 0 unspecified atom stereocenters. The second kappa shape index (κ2) is 8.33. The van der Waals surface area contributed by atoms with E-state index in [0.29, 0.717) is 12.6 Å². The lowest BCUT2D eigenvalue weighted by Gasteiger charge is -2.33. The SMILES string of the molecule is CCC(CC)N(CCOC)c1cc(Br)ccc1C=O. The molecule has 1 aromatic carbocycles. The highest BCUT2D eigenvalue weighted by atomic mass is 79.9. The zero-order valence-electron chi connectivity index (χ0n) is 11.9. The van der Waals surface area contributed by atoms with Gasteiger partial charge in [-0.3, -0.25) is 4.79 Å². The molecule has 0 aliphatic rings. The van der Waals surface area contributed by atoms with Gasteiger partial charge in [-0.1, -0.05) is 29.8 Å². The van der Waals surface area contributed by atoms with Crippen molar-refractivity contribution in [3.05, 3.63) is 28.2 Å². The molecule has 1 aromatic rings. The second-order valence-electron chi connectivity index (χ2n) is 4.48. The highest BCUT2D eigenvalue weighted by molar-refractivity contribution is 9.10. The number of benzene rings is 1. The molecule has 0 atom stereocenters. The highest BCUT2D eigenvalue weighted by Crippen LogP contribution is 2.27. The Hall–Kier alpha value is -0.870. The van der Waals surface area contributed by atoms with Crippen LogP contribution in [0.1, 0.15) is 37.0 Å².